The molecule has 1 aliphatic heterocycles. The Morgan fingerprint density at radius 2 is 2.00 bits per heavy atom. The lowest BCUT2D eigenvalue weighted by Crippen LogP contribution is -2.38. The Balaban J connectivity index is 1.64. The highest BCUT2D eigenvalue weighted by molar-refractivity contribution is 5.74. The van der Waals surface area contributed by atoms with Crippen molar-refractivity contribution < 1.29 is 9.32 Å². The van der Waals surface area contributed by atoms with Crippen molar-refractivity contribution in [2.24, 2.45) is 0 Å². The lowest BCUT2D eigenvalue weighted by Gasteiger charge is -2.16. The summed E-state index contributed by atoms with van der Waals surface area (Å²) in [7, 11) is 0. The number of nitrogens with one attached hydrogen (secondary N) is 1. The molecule has 1 saturated heterocycles. The second kappa shape index (κ2) is 7.57. The standard InChI is InChI=1S/C20H21N5O2/c1-2-22-20(26)25-12-16(15-9-6-10-21-11-15)17(13-25)19-23-18(24-27-19)14-7-4-3-5-8-14/h3-11,16-17H,2,12-13H2,1H3,(H,22,26)/t16-,17+/m0/s1. The zero-order valence-electron chi connectivity index (χ0n) is 15.1. The number of aromatic nitrogens is 3. The van der Waals surface area contributed by atoms with E-state index >= 15 is 0 Å². The van der Waals surface area contributed by atoms with E-state index < -0.39 is 0 Å². The van der Waals surface area contributed by atoms with Crippen molar-refractivity contribution in [3.05, 3.63) is 66.3 Å². The van der Waals surface area contributed by atoms with Crippen LogP contribution in [0, 0.1) is 0 Å². The molecule has 3 aromatic rings. The maximum atomic E-state index is 12.4. The van der Waals surface area contributed by atoms with Crippen molar-refractivity contribution in [3.8, 4) is 11.4 Å². The molecule has 1 fully saturated rings. The Bertz CT molecular complexity index is 897. The summed E-state index contributed by atoms with van der Waals surface area (Å²) in [5, 5.41) is 7.01. The highest BCUT2D eigenvalue weighted by atomic mass is 16.5. The fourth-order valence-corrected chi connectivity index (χ4v) is 3.51. The van der Waals surface area contributed by atoms with Gasteiger partial charge in [-0.2, -0.15) is 4.98 Å². The number of hydrogen-bond acceptors (Lipinski definition) is 5. The molecule has 2 amide bonds. The molecular formula is C20H21N5O2. The third-order valence-corrected chi connectivity index (χ3v) is 4.84. The number of hydrogen-bond donors (Lipinski definition) is 1. The topological polar surface area (TPSA) is 84.2 Å². The van der Waals surface area contributed by atoms with Gasteiger partial charge in [0.15, 0.2) is 0 Å². The van der Waals surface area contributed by atoms with Crippen LogP contribution in [0.25, 0.3) is 11.4 Å². The van der Waals surface area contributed by atoms with E-state index in [1.165, 1.54) is 0 Å². The number of likely N-dealkylation sites (tertiary alicyclic amines) is 1. The second-order valence-corrected chi connectivity index (χ2v) is 6.56. The van der Waals surface area contributed by atoms with Crippen molar-refractivity contribution in [3.63, 3.8) is 0 Å². The van der Waals surface area contributed by atoms with Crippen LogP contribution in [0.4, 0.5) is 4.79 Å². The molecule has 0 spiro atoms. The van der Waals surface area contributed by atoms with Crippen LogP contribution in [-0.2, 0) is 0 Å². The molecule has 1 N–H and O–H groups in total. The third-order valence-electron chi connectivity index (χ3n) is 4.84. The van der Waals surface area contributed by atoms with Crippen molar-refractivity contribution in [1.29, 1.82) is 0 Å². The maximum Gasteiger partial charge on any atom is 0.317 e. The highest BCUT2D eigenvalue weighted by Crippen LogP contribution is 2.39. The summed E-state index contributed by atoms with van der Waals surface area (Å²) in [6.07, 6.45) is 3.59. The quantitative estimate of drug-likeness (QED) is 0.770. The van der Waals surface area contributed by atoms with Gasteiger partial charge in [-0.1, -0.05) is 41.6 Å². The molecule has 7 heteroatoms. The molecule has 0 radical (unpaired) electrons. The van der Waals surface area contributed by atoms with E-state index in [2.05, 4.69) is 20.4 Å². The Morgan fingerprint density at radius 3 is 2.74 bits per heavy atom. The lowest BCUT2D eigenvalue weighted by atomic mass is 9.90. The number of amides is 2. The molecule has 138 valence electrons. The van der Waals surface area contributed by atoms with Crippen LogP contribution in [0.15, 0.2) is 59.4 Å². The van der Waals surface area contributed by atoms with Gasteiger partial charge in [-0.3, -0.25) is 4.98 Å². The van der Waals surface area contributed by atoms with Gasteiger partial charge in [0, 0.05) is 43.5 Å². The zero-order valence-corrected chi connectivity index (χ0v) is 15.1. The van der Waals surface area contributed by atoms with Crippen LogP contribution in [0.3, 0.4) is 0 Å². The van der Waals surface area contributed by atoms with Crippen molar-refractivity contribution in [2.45, 2.75) is 18.8 Å². The Morgan fingerprint density at radius 1 is 1.19 bits per heavy atom. The molecule has 1 aromatic carbocycles. The summed E-state index contributed by atoms with van der Waals surface area (Å²) in [6, 6.07) is 13.6. The monoisotopic (exact) mass is 363 g/mol. The first-order valence-electron chi connectivity index (χ1n) is 9.08. The van der Waals surface area contributed by atoms with Crippen molar-refractivity contribution in [2.75, 3.05) is 19.6 Å². The number of rotatable bonds is 4. The normalized spacial score (nSPS) is 19.2. The molecule has 0 aliphatic carbocycles. The summed E-state index contributed by atoms with van der Waals surface area (Å²) < 4.78 is 5.60. The van der Waals surface area contributed by atoms with E-state index in [9.17, 15) is 4.79 Å². The summed E-state index contributed by atoms with van der Waals surface area (Å²) in [4.78, 5) is 23.0. The van der Waals surface area contributed by atoms with E-state index in [0.29, 0.717) is 31.3 Å². The summed E-state index contributed by atoms with van der Waals surface area (Å²) in [6.45, 7) is 3.62. The number of benzene rings is 1. The van der Waals surface area contributed by atoms with E-state index in [1.54, 1.807) is 11.1 Å². The molecule has 1 aliphatic rings. The van der Waals surface area contributed by atoms with Gasteiger partial charge in [-0.15, -0.1) is 0 Å². The fraction of sp³-hybridized carbons (Fsp3) is 0.300. The number of carbonyl (C=O) groups is 1. The summed E-state index contributed by atoms with van der Waals surface area (Å²) in [5.74, 6) is 1.11. The van der Waals surface area contributed by atoms with Crippen LogP contribution < -0.4 is 5.32 Å². The van der Waals surface area contributed by atoms with Crippen LogP contribution in [-0.4, -0.2) is 45.7 Å². The fourth-order valence-electron chi connectivity index (χ4n) is 3.51. The number of urea groups is 1. The first-order valence-corrected chi connectivity index (χ1v) is 9.08. The van der Waals surface area contributed by atoms with Crippen LogP contribution in [0.1, 0.15) is 30.2 Å². The van der Waals surface area contributed by atoms with Gasteiger partial charge in [0.2, 0.25) is 11.7 Å². The Kier molecular flexibility index (Phi) is 4.82. The van der Waals surface area contributed by atoms with Gasteiger partial charge in [-0.05, 0) is 18.6 Å². The molecule has 0 unspecified atom stereocenters. The Labute approximate surface area is 157 Å². The molecule has 4 rings (SSSR count). The third kappa shape index (κ3) is 3.53. The molecule has 2 aromatic heterocycles. The van der Waals surface area contributed by atoms with E-state index in [0.717, 1.165) is 11.1 Å². The summed E-state index contributed by atoms with van der Waals surface area (Å²) >= 11 is 0. The molecular weight excluding hydrogens is 342 g/mol. The van der Waals surface area contributed by atoms with E-state index in [1.807, 2.05) is 55.6 Å². The number of nitrogens with zero attached hydrogens (tertiary/aromatic N) is 4. The van der Waals surface area contributed by atoms with Crippen LogP contribution in [0.2, 0.25) is 0 Å². The number of carbonyl (C=O) groups excluding carboxylic acids is 1. The van der Waals surface area contributed by atoms with E-state index in [4.69, 9.17) is 4.52 Å². The minimum atomic E-state index is -0.0725. The predicted octanol–water partition coefficient (Wildman–Crippen LogP) is 3.04. The average molecular weight is 363 g/mol. The van der Waals surface area contributed by atoms with Gasteiger partial charge in [0.1, 0.15) is 0 Å². The molecule has 3 heterocycles. The highest BCUT2D eigenvalue weighted by Gasteiger charge is 2.40. The van der Waals surface area contributed by atoms with Crippen LogP contribution >= 0.6 is 0 Å². The molecule has 0 saturated carbocycles. The predicted molar refractivity (Wildman–Crippen MR) is 100 cm³/mol. The minimum Gasteiger partial charge on any atom is -0.339 e. The van der Waals surface area contributed by atoms with Gasteiger partial charge < -0.3 is 14.7 Å². The second-order valence-electron chi connectivity index (χ2n) is 6.56. The molecule has 0 bridgehead atoms. The molecule has 27 heavy (non-hydrogen) atoms. The Hall–Kier alpha value is -3.22. The van der Waals surface area contributed by atoms with Crippen LogP contribution in [0.5, 0.6) is 0 Å². The van der Waals surface area contributed by atoms with Crippen molar-refractivity contribution in [1.82, 2.24) is 25.3 Å². The lowest BCUT2D eigenvalue weighted by molar-refractivity contribution is 0.208. The SMILES string of the molecule is CCNC(=O)N1C[C@@H](c2cccnc2)[C@H](c2nc(-c3ccccc3)no2)C1. The van der Waals surface area contributed by atoms with Crippen molar-refractivity contribution >= 4 is 6.03 Å². The first-order chi connectivity index (χ1) is 13.3. The minimum absolute atomic E-state index is 0.0605. The molecule has 7 nitrogen and oxygen atoms in total. The largest absolute Gasteiger partial charge is 0.339 e. The van der Waals surface area contributed by atoms with E-state index in [-0.39, 0.29) is 17.9 Å². The maximum absolute atomic E-state index is 12.4. The summed E-state index contributed by atoms with van der Waals surface area (Å²) in [5.41, 5.74) is 1.97. The number of pyridine rings is 1. The van der Waals surface area contributed by atoms with Gasteiger partial charge in [0.25, 0.3) is 0 Å². The first kappa shape index (κ1) is 17.2. The smallest absolute Gasteiger partial charge is 0.317 e. The zero-order chi connectivity index (χ0) is 18.6. The van der Waals surface area contributed by atoms with Gasteiger partial charge in [0.05, 0.1) is 5.92 Å². The molecule has 2 atom stereocenters. The average Bonchev–Trinajstić information content (AvgIpc) is 3.37. The van der Waals surface area contributed by atoms with Gasteiger partial charge in [-0.25, -0.2) is 4.79 Å². The van der Waals surface area contributed by atoms with Gasteiger partial charge >= 0.3 is 6.03 Å².